The molecule has 0 saturated carbocycles. The van der Waals surface area contributed by atoms with E-state index in [1.807, 2.05) is 44.2 Å². The number of sulfonamides is 1. The van der Waals surface area contributed by atoms with Crippen molar-refractivity contribution in [2.24, 2.45) is 0 Å². The monoisotopic (exact) mass is 679 g/mol. The van der Waals surface area contributed by atoms with E-state index in [0.29, 0.717) is 29.5 Å². The van der Waals surface area contributed by atoms with Crippen LogP contribution in [-0.4, -0.2) is 50.9 Å². The molecule has 0 fully saturated rings. The maximum Gasteiger partial charge on any atom is 0.264 e. The number of nitrogens with zero attached hydrogens (tertiary/aromatic N) is 2. The fourth-order valence-corrected chi connectivity index (χ4v) is 6.62. The molecule has 11 heteroatoms. The quantitative estimate of drug-likeness (QED) is 0.134. The summed E-state index contributed by atoms with van der Waals surface area (Å²) in [5.41, 5.74) is 1.61. The molecule has 248 valence electrons. The van der Waals surface area contributed by atoms with Crippen molar-refractivity contribution in [1.29, 1.82) is 0 Å². The molecular weight excluding hydrogens is 641 g/mol. The topological polar surface area (TPSA) is 96.0 Å². The minimum absolute atomic E-state index is 0.0507. The molecular formula is C36H39ClFN3O5S. The van der Waals surface area contributed by atoms with Crippen LogP contribution < -0.4 is 14.4 Å². The number of ether oxygens (including phenoxy) is 1. The number of carbonyl (C=O) groups is 2. The third kappa shape index (κ3) is 9.56. The number of unbranched alkanes of at least 4 members (excludes halogenated alkanes) is 1. The van der Waals surface area contributed by atoms with Crippen molar-refractivity contribution in [1.82, 2.24) is 10.2 Å². The van der Waals surface area contributed by atoms with Crippen molar-refractivity contribution < 1.29 is 27.1 Å². The van der Waals surface area contributed by atoms with Gasteiger partial charge in [-0.15, -0.1) is 0 Å². The first-order chi connectivity index (χ1) is 22.6. The van der Waals surface area contributed by atoms with E-state index in [9.17, 15) is 22.4 Å². The lowest BCUT2D eigenvalue weighted by atomic mass is 10.0. The Kier molecular flexibility index (Phi) is 12.8. The van der Waals surface area contributed by atoms with Gasteiger partial charge in [0.1, 0.15) is 24.2 Å². The molecule has 1 unspecified atom stereocenters. The van der Waals surface area contributed by atoms with Crippen LogP contribution in [0.4, 0.5) is 10.1 Å². The third-order valence-corrected chi connectivity index (χ3v) is 9.67. The van der Waals surface area contributed by atoms with Crippen molar-refractivity contribution in [3.05, 3.63) is 125 Å². The highest BCUT2D eigenvalue weighted by Gasteiger charge is 2.35. The Morgan fingerprint density at radius 2 is 1.55 bits per heavy atom. The van der Waals surface area contributed by atoms with E-state index in [4.69, 9.17) is 16.3 Å². The molecule has 47 heavy (non-hydrogen) atoms. The molecule has 0 aromatic heterocycles. The summed E-state index contributed by atoms with van der Waals surface area (Å²) in [6, 6.07) is 26.0. The van der Waals surface area contributed by atoms with Gasteiger partial charge >= 0.3 is 0 Å². The summed E-state index contributed by atoms with van der Waals surface area (Å²) >= 11 is 6.54. The van der Waals surface area contributed by atoms with Crippen LogP contribution in [0.3, 0.4) is 0 Å². The van der Waals surface area contributed by atoms with Gasteiger partial charge in [-0.3, -0.25) is 13.9 Å². The van der Waals surface area contributed by atoms with E-state index in [-0.39, 0.29) is 29.5 Å². The van der Waals surface area contributed by atoms with Gasteiger partial charge in [0.15, 0.2) is 0 Å². The Hall–Kier alpha value is -4.41. The first kappa shape index (κ1) is 35.4. The Labute approximate surface area is 281 Å². The fourth-order valence-electron chi connectivity index (χ4n) is 5.01. The first-order valence-electron chi connectivity index (χ1n) is 15.5. The number of halogens is 2. The molecule has 0 spiro atoms. The van der Waals surface area contributed by atoms with Crippen molar-refractivity contribution in [3.63, 3.8) is 0 Å². The van der Waals surface area contributed by atoms with Gasteiger partial charge in [-0.25, -0.2) is 12.8 Å². The second-order valence-electron chi connectivity index (χ2n) is 10.9. The van der Waals surface area contributed by atoms with Gasteiger partial charge in [-0.2, -0.15) is 0 Å². The maximum absolute atomic E-state index is 14.5. The van der Waals surface area contributed by atoms with Gasteiger partial charge in [0.25, 0.3) is 10.0 Å². The molecule has 8 nitrogen and oxygen atoms in total. The van der Waals surface area contributed by atoms with Crippen LogP contribution in [0.2, 0.25) is 5.02 Å². The number of anilines is 1. The predicted molar refractivity (Wildman–Crippen MR) is 182 cm³/mol. The molecule has 4 aromatic carbocycles. The highest BCUT2D eigenvalue weighted by Crippen LogP contribution is 2.28. The lowest BCUT2D eigenvalue weighted by Crippen LogP contribution is -2.53. The molecule has 1 atom stereocenters. The molecule has 4 rings (SSSR count). The number of hydrogen-bond acceptors (Lipinski definition) is 5. The maximum atomic E-state index is 14.5. The zero-order valence-corrected chi connectivity index (χ0v) is 28.0. The van der Waals surface area contributed by atoms with E-state index in [1.54, 1.807) is 36.4 Å². The van der Waals surface area contributed by atoms with Crippen LogP contribution in [0.5, 0.6) is 5.75 Å². The minimum atomic E-state index is -4.38. The van der Waals surface area contributed by atoms with Crippen molar-refractivity contribution in [2.45, 2.75) is 50.6 Å². The van der Waals surface area contributed by atoms with Gasteiger partial charge < -0.3 is 15.0 Å². The van der Waals surface area contributed by atoms with Crippen molar-refractivity contribution >= 4 is 39.1 Å². The van der Waals surface area contributed by atoms with Gasteiger partial charge in [0.2, 0.25) is 11.8 Å². The van der Waals surface area contributed by atoms with Crippen molar-refractivity contribution in [2.75, 3.05) is 24.0 Å². The largest absolute Gasteiger partial charge is 0.494 e. The molecule has 0 bridgehead atoms. The highest BCUT2D eigenvalue weighted by molar-refractivity contribution is 7.92. The molecule has 0 aliphatic carbocycles. The average Bonchev–Trinajstić information content (AvgIpc) is 3.07. The van der Waals surface area contributed by atoms with Crippen LogP contribution >= 0.6 is 11.6 Å². The lowest BCUT2D eigenvalue weighted by Gasteiger charge is -2.34. The summed E-state index contributed by atoms with van der Waals surface area (Å²) in [5, 5.41) is 3.36. The van der Waals surface area contributed by atoms with Crippen LogP contribution in [-0.2, 0) is 32.6 Å². The van der Waals surface area contributed by atoms with E-state index in [0.717, 1.165) is 47.0 Å². The van der Waals surface area contributed by atoms with Crippen molar-refractivity contribution in [3.8, 4) is 5.75 Å². The molecule has 0 aliphatic heterocycles. The first-order valence-corrected chi connectivity index (χ1v) is 17.3. The average molecular weight is 680 g/mol. The van der Waals surface area contributed by atoms with E-state index in [2.05, 4.69) is 5.32 Å². The van der Waals surface area contributed by atoms with E-state index in [1.165, 1.54) is 17.0 Å². The summed E-state index contributed by atoms with van der Waals surface area (Å²) in [5.74, 6) is -1.07. The number of benzene rings is 4. The number of carbonyl (C=O) groups excluding carboxylic acids is 2. The number of hydrogen-bond donors (Lipinski definition) is 1. The van der Waals surface area contributed by atoms with Crippen LogP contribution in [0.15, 0.2) is 108 Å². The second kappa shape index (κ2) is 16.9. The van der Waals surface area contributed by atoms with Crippen LogP contribution in [0, 0.1) is 5.82 Å². The molecule has 0 saturated heterocycles. The fraction of sp³-hybridized carbons (Fsp3) is 0.278. The third-order valence-electron chi connectivity index (χ3n) is 7.52. The van der Waals surface area contributed by atoms with Crippen LogP contribution in [0.1, 0.15) is 37.8 Å². The standard InChI is InChI=1S/C36H39ClFN3O5S/c1-3-5-23-39-36(43)34(24-27-11-7-6-8-12-27)40(25-28-13-9-10-14-33(28)37)35(42)26-41(30-17-19-31(20-18-30)46-4-2)47(44,45)32-21-15-29(38)16-22-32/h6-22,34H,3-5,23-26H2,1-2H3,(H,39,43). The second-order valence-corrected chi connectivity index (χ2v) is 13.1. The summed E-state index contributed by atoms with van der Waals surface area (Å²) in [6.07, 6.45) is 1.80. The summed E-state index contributed by atoms with van der Waals surface area (Å²) in [6.45, 7) is 3.98. The lowest BCUT2D eigenvalue weighted by molar-refractivity contribution is -0.140. The summed E-state index contributed by atoms with van der Waals surface area (Å²) in [4.78, 5) is 29.5. The normalized spacial score (nSPS) is 11.8. The number of amides is 2. The zero-order chi connectivity index (χ0) is 33.8. The van der Waals surface area contributed by atoms with Crippen LogP contribution in [0.25, 0.3) is 0 Å². The van der Waals surface area contributed by atoms with Gasteiger partial charge in [0.05, 0.1) is 17.2 Å². The van der Waals surface area contributed by atoms with Gasteiger partial charge in [-0.05, 0) is 79.1 Å². The molecule has 1 N–H and O–H groups in total. The van der Waals surface area contributed by atoms with Gasteiger partial charge in [0, 0.05) is 24.5 Å². The van der Waals surface area contributed by atoms with E-state index >= 15 is 0 Å². The Morgan fingerprint density at radius 3 is 2.19 bits per heavy atom. The number of nitrogens with one attached hydrogen (secondary N) is 1. The zero-order valence-electron chi connectivity index (χ0n) is 26.4. The Balaban J connectivity index is 1.80. The summed E-state index contributed by atoms with van der Waals surface area (Å²) < 4.78 is 48.5. The summed E-state index contributed by atoms with van der Waals surface area (Å²) in [7, 11) is -4.38. The molecule has 4 aromatic rings. The Morgan fingerprint density at radius 1 is 0.894 bits per heavy atom. The SMILES string of the molecule is CCCCNC(=O)C(Cc1ccccc1)N(Cc1ccccc1Cl)C(=O)CN(c1ccc(OCC)cc1)S(=O)(=O)c1ccc(F)cc1. The van der Waals surface area contributed by atoms with Gasteiger partial charge in [-0.1, -0.05) is 73.5 Å². The minimum Gasteiger partial charge on any atom is -0.494 e. The molecule has 0 aliphatic rings. The highest BCUT2D eigenvalue weighted by atomic mass is 35.5. The smallest absolute Gasteiger partial charge is 0.264 e. The number of rotatable bonds is 16. The predicted octanol–water partition coefficient (Wildman–Crippen LogP) is 6.63. The Bertz CT molecular complexity index is 1720. The van der Waals surface area contributed by atoms with E-state index < -0.39 is 34.3 Å². The molecule has 2 amide bonds. The molecule has 0 radical (unpaired) electrons. The molecule has 0 heterocycles.